The monoisotopic (exact) mass is 223 g/mol. The minimum atomic E-state index is -0.338. The van der Waals surface area contributed by atoms with Crippen molar-refractivity contribution in [2.75, 3.05) is 5.88 Å². The minimum absolute atomic E-state index is 0.338. The van der Waals surface area contributed by atoms with Crippen molar-refractivity contribution in [1.82, 2.24) is 4.57 Å². The lowest BCUT2D eigenvalue weighted by molar-refractivity contribution is 0.519. The summed E-state index contributed by atoms with van der Waals surface area (Å²) in [7, 11) is 0. The Kier molecular flexibility index (Phi) is 2.92. The van der Waals surface area contributed by atoms with Crippen LogP contribution < -0.4 is 5.76 Å². The maximum atomic E-state index is 11.5. The van der Waals surface area contributed by atoms with Gasteiger partial charge in [0.25, 0.3) is 0 Å². The van der Waals surface area contributed by atoms with E-state index in [0.29, 0.717) is 18.0 Å². The summed E-state index contributed by atoms with van der Waals surface area (Å²) in [6.45, 7) is 0.489. The summed E-state index contributed by atoms with van der Waals surface area (Å²) < 4.78 is 6.64. The molecule has 3 nitrogen and oxygen atoms in total. The molecule has 1 aromatic carbocycles. The average Bonchev–Trinajstić information content (AvgIpc) is 2.56. The lowest BCUT2D eigenvalue weighted by Crippen LogP contribution is -2.12. The first-order valence-corrected chi connectivity index (χ1v) is 5.15. The van der Waals surface area contributed by atoms with Crippen LogP contribution in [0.4, 0.5) is 0 Å². The maximum Gasteiger partial charge on any atom is 0.420 e. The molecule has 78 valence electrons. The van der Waals surface area contributed by atoms with Gasteiger partial charge in [-0.25, -0.2) is 4.79 Å². The molecule has 0 saturated heterocycles. The smallest absolute Gasteiger partial charge is 0.408 e. The fourth-order valence-corrected chi connectivity index (χ4v) is 1.56. The van der Waals surface area contributed by atoms with Gasteiger partial charge in [-0.05, 0) is 12.1 Å². The van der Waals surface area contributed by atoms with Crippen molar-refractivity contribution in [2.45, 2.75) is 6.54 Å². The Hall–Kier alpha value is -1.48. The van der Waals surface area contributed by atoms with Gasteiger partial charge in [0.1, 0.15) is 0 Å². The zero-order chi connectivity index (χ0) is 10.7. The van der Waals surface area contributed by atoms with E-state index in [1.807, 2.05) is 24.3 Å². The van der Waals surface area contributed by atoms with Gasteiger partial charge in [-0.2, -0.15) is 0 Å². The third kappa shape index (κ3) is 1.97. The van der Waals surface area contributed by atoms with E-state index in [9.17, 15) is 4.79 Å². The number of benzene rings is 1. The molecule has 4 heteroatoms. The predicted octanol–water partition coefficient (Wildman–Crippen LogP) is 2.39. The van der Waals surface area contributed by atoms with Gasteiger partial charge in [-0.1, -0.05) is 24.3 Å². The van der Waals surface area contributed by atoms with Crippen LogP contribution in [-0.4, -0.2) is 10.4 Å². The Morgan fingerprint density at radius 3 is 2.93 bits per heavy atom. The van der Waals surface area contributed by atoms with Gasteiger partial charge in [-0.3, -0.25) is 4.57 Å². The summed E-state index contributed by atoms with van der Waals surface area (Å²) in [6, 6.07) is 7.34. The van der Waals surface area contributed by atoms with E-state index in [-0.39, 0.29) is 5.76 Å². The Balaban J connectivity index is 2.45. The lowest BCUT2D eigenvalue weighted by atomic mass is 10.3. The second kappa shape index (κ2) is 4.36. The Morgan fingerprint density at radius 2 is 2.13 bits per heavy atom. The van der Waals surface area contributed by atoms with E-state index >= 15 is 0 Å². The van der Waals surface area contributed by atoms with Crippen molar-refractivity contribution in [2.24, 2.45) is 0 Å². The quantitative estimate of drug-likeness (QED) is 0.592. The molecule has 2 aromatic rings. The van der Waals surface area contributed by atoms with Crippen LogP contribution in [0.2, 0.25) is 0 Å². The molecule has 0 atom stereocenters. The number of rotatable bonds is 3. The molecule has 1 heterocycles. The highest BCUT2D eigenvalue weighted by atomic mass is 35.5. The van der Waals surface area contributed by atoms with Crippen LogP contribution in [0.5, 0.6) is 0 Å². The highest BCUT2D eigenvalue weighted by molar-refractivity contribution is 6.18. The highest BCUT2D eigenvalue weighted by Gasteiger charge is 2.05. The summed E-state index contributed by atoms with van der Waals surface area (Å²) in [5.74, 6) is 0.111. The molecule has 2 rings (SSSR count). The van der Waals surface area contributed by atoms with Crippen molar-refractivity contribution in [3.63, 3.8) is 0 Å². The molecule has 0 unspecified atom stereocenters. The van der Waals surface area contributed by atoms with Crippen LogP contribution in [-0.2, 0) is 6.54 Å². The molecule has 0 bridgehead atoms. The van der Waals surface area contributed by atoms with E-state index in [0.717, 1.165) is 5.52 Å². The van der Waals surface area contributed by atoms with Crippen molar-refractivity contribution in [3.8, 4) is 0 Å². The van der Waals surface area contributed by atoms with E-state index in [1.54, 1.807) is 16.7 Å². The number of allylic oxidation sites excluding steroid dienone is 2. The predicted molar refractivity (Wildman–Crippen MR) is 60.3 cm³/mol. The molecular weight excluding hydrogens is 214 g/mol. The molecule has 0 amide bonds. The number of oxazole rings is 1. The Labute approximate surface area is 91.6 Å². The van der Waals surface area contributed by atoms with E-state index in [4.69, 9.17) is 16.0 Å². The van der Waals surface area contributed by atoms with Crippen molar-refractivity contribution in [3.05, 3.63) is 47.0 Å². The van der Waals surface area contributed by atoms with Crippen LogP contribution in [0, 0.1) is 0 Å². The maximum absolute atomic E-state index is 11.5. The fraction of sp³-hybridized carbons (Fsp3) is 0.182. The number of fused-ring (bicyclic) bond motifs is 1. The number of nitrogens with zero attached hydrogens (tertiary/aromatic N) is 1. The summed E-state index contributed by atoms with van der Waals surface area (Å²) in [6.07, 6.45) is 3.64. The van der Waals surface area contributed by atoms with Crippen molar-refractivity contribution < 1.29 is 4.42 Å². The van der Waals surface area contributed by atoms with Gasteiger partial charge in [-0.15, -0.1) is 11.6 Å². The van der Waals surface area contributed by atoms with E-state index < -0.39 is 0 Å². The van der Waals surface area contributed by atoms with Gasteiger partial charge in [0, 0.05) is 12.4 Å². The Morgan fingerprint density at radius 1 is 1.33 bits per heavy atom. The second-order valence-corrected chi connectivity index (χ2v) is 3.38. The normalized spacial score (nSPS) is 11.5. The van der Waals surface area contributed by atoms with Gasteiger partial charge < -0.3 is 4.42 Å². The van der Waals surface area contributed by atoms with E-state index in [1.165, 1.54) is 0 Å². The molecule has 0 N–H and O–H groups in total. The molecule has 0 radical (unpaired) electrons. The largest absolute Gasteiger partial charge is 0.420 e. The third-order valence-corrected chi connectivity index (χ3v) is 2.30. The van der Waals surface area contributed by atoms with Gasteiger partial charge in [0.15, 0.2) is 5.58 Å². The minimum Gasteiger partial charge on any atom is -0.408 e. The molecule has 0 spiro atoms. The standard InChI is InChI=1S/C11H10ClNO2/c12-7-3-4-8-13-9-5-1-2-6-10(9)15-11(13)14/h1-6H,7-8H2. The van der Waals surface area contributed by atoms with Crippen LogP contribution >= 0.6 is 11.6 Å². The topological polar surface area (TPSA) is 35.1 Å². The number of hydrogen-bond donors (Lipinski definition) is 0. The van der Waals surface area contributed by atoms with E-state index in [2.05, 4.69) is 0 Å². The van der Waals surface area contributed by atoms with Crippen LogP contribution in [0.3, 0.4) is 0 Å². The molecule has 15 heavy (non-hydrogen) atoms. The summed E-state index contributed by atoms with van der Waals surface area (Å²) in [4.78, 5) is 11.5. The molecule has 0 aliphatic rings. The molecule has 0 aliphatic heterocycles. The average molecular weight is 224 g/mol. The van der Waals surface area contributed by atoms with Crippen molar-refractivity contribution >= 4 is 22.7 Å². The summed E-state index contributed by atoms with van der Waals surface area (Å²) >= 11 is 5.50. The highest BCUT2D eigenvalue weighted by Crippen LogP contribution is 2.11. The third-order valence-electron chi connectivity index (χ3n) is 2.12. The number of halogens is 1. The first-order valence-electron chi connectivity index (χ1n) is 4.62. The SMILES string of the molecule is O=c1oc2ccccc2n1CC=CCCl. The summed E-state index contributed by atoms with van der Waals surface area (Å²) in [5.41, 5.74) is 1.42. The molecular formula is C11H10ClNO2. The lowest BCUT2D eigenvalue weighted by Gasteiger charge is -1.95. The molecule has 1 aromatic heterocycles. The molecule has 0 fully saturated rings. The van der Waals surface area contributed by atoms with Crippen molar-refractivity contribution in [1.29, 1.82) is 0 Å². The molecule has 0 saturated carbocycles. The Bertz CT molecular complexity index is 539. The van der Waals surface area contributed by atoms with Crippen LogP contribution in [0.1, 0.15) is 0 Å². The zero-order valence-corrected chi connectivity index (χ0v) is 8.78. The first-order chi connectivity index (χ1) is 7.33. The number of alkyl halides is 1. The zero-order valence-electron chi connectivity index (χ0n) is 8.02. The van der Waals surface area contributed by atoms with Gasteiger partial charge in [0.2, 0.25) is 0 Å². The molecule has 0 aliphatic carbocycles. The number of para-hydroxylation sites is 2. The summed E-state index contributed by atoms with van der Waals surface area (Å²) in [5, 5.41) is 0. The fourth-order valence-electron chi connectivity index (χ4n) is 1.43. The second-order valence-electron chi connectivity index (χ2n) is 3.07. The van der Waals surface area contributed by atoms with Gasteiger partial charge in [0.05, 0.1) is 5.52 Å². The van der Waals surface area contributed by atoms with Crippen LogP contribution in [0.15, 0.2) is 45.6 Å². The van der Waals surface area contributed by atoms with Crippen LogP contribution in [0.25, 0.3) is 11.1 Å². The number of hydrogen-bond acceptors (Lipinski definition) is 2. The number of aromatic nitrogens is 1. The first kappa shape index (κ1) is 10.1. The van der Waals surface area contributed by atoms with Gasteiger partial charge >= 0.3 is 5.76 Å².